The molecule has 3 rings (SSSR count). The smallest absolute Gasteiger partial charge is 0.0411 e. The van der Waals surface area contributed by atoms with Gasteiger partial charge >= 0.3 is 0 Å². The summed E-state index contributed by atoms with van der Waals surface area (Å²) >= 11 is 0. The van der Waals surface area contributed by atoms with Gasteiger partial charge in [0.05, 0.1) is 0 Å². The Morgan fingerprint density at radius 2 is 1.85 bits per heavy atom. The molecule has 1 aliphatic carbocycles. The molecule has 20 heavy (non-hydrogen) atoms. The van der Waals surface area contributed by atoms with Crippen LogP contribution in [-0.4, -0.2) is 19.6 Å². The van der Waals surface area contributed by atoms with Crippen molar-refractivity contribution < 1.29 is 0 Å². The van der Waals surface area contributed by atoms with E-state index in [0.29, 0.717) is 5.41 Å². The van der Waals surface area contributed by atoms with Gasteiger partial charge < -0.3 is 10.2 Å². The first kappa shape index (κ1) is 13.9. The predicted octanol–water partition coefficient (Wildman–Crippen LogP) is 3.96. The summed E-state index contributed by atoms with van der Waals surface area (Å²) < 4.78 is 0. The maximum atomic E-state index is 3.73. The van der Waals surface area contributed by atoms with E-state index in [1.54, 1.807) is 0 Å². The van der Waals surface area contributed by atoms with E-state index in [-0.39, 0.29) is 0 Å². The van der Waals surface area contributed by atoms with Gasteiger partial charge in [0, 0.05) is 31.9 Å². The first-order chi connectivity index (χ1) is 9.83. The monoisotopic (exact) mass is 272 g/mol. The Kier molecular flexibility index (Phi) is 4.30. The fourth-order valence-electron chi connectivity index (χ4n) is 3.72. The molecule has 0 aromatic heterocycles. The van der Waals surface area contributed by atoms with Crippen molar-refractivity contribution >= 4 is 5.69 Å². The molecule has 2 heteroatoms. The van der Waals surface area contributed by atoms with Gasteiger partial charge in [0.25, 0.3) is 0 Å². The van der Waals surface area contributed by atoms with Crippen LogP contribution in [0.3, 0.4) is 0 Å². The largest absolute Gasteiger partial charge is 0.371 e. The van der Waals surface area contributed by atoms with Crippen LogP contribution in [0.4, 0.5) is 5.69 Å². The fraction of sp³-hybridized carbons (Fsp3) is 0.667. The molecule has 0 bridgehead atoms. The van der Waals surface area contributed by atoms with Gasteiger partial charge in [-0.25, -0.2) is 0 Å². The van der Waals surface area contributed by atoms with Gasteiger partial charge in [-0.2, -0.15) is 0 Å². The first-order valence-corrected chi connectivity index (χ1v) is 8.37. The molecule has 0 spiro atoms. The normalized spacial score (nSPS) is 20.9. The zero-order chi connectivity index (χ0) is 13.8. The lowest BCUT2D eigenvalue weighted by Gasteiger charge is -2.41. The lowest BCUT2D eigenvalue weighted by Crippen LogP contribution is -2.39. The molecule has 1 heterocycles. The molecule has 1 N–H and O–H groups in total. The molecule has 0 amide bonds. The maximum Gasteiger partial charge on any atom is 0.0411 e. The van der Waals surface area contributed by atoms with Crippen LogP contribution < -0.4 is 10.2 Å². The van der Waals surface area contributed by atoms with E-state index in [4.69, 9.17) is 0 Å². The molecule has 110 valence electrons. The molecular formula is C18H28N2. The molecular weight excluding hydrogens is 244 g/mol. The van der Waals surface area contributed by atoms with Gasteiger partial charge in [-0.15, -0.1) is 0 Å². The second kappa shape index (κ2) is 6.17. The van der Waals surface area contributed by atoms with Crippen molar-refractivity contribution in [2.45, 2.75) is 52.0 Å². The summed E-state index contributed by atoms with van der Waals surface area (Å²) in [6.07, 6.45) is 8.30. The predicted molar refractivity (Wildman–Crippen MR) is 86.2 cm³/mol. The Hall–Kier alpha value is -1.02. The standard InChI is InChI=1S/C18H28N2/c1-2-18(10-7-11-18)15-19-14-16-8-3-4-9-17(16)20-12-5-6-13-20/h3-4,8-9,19H,2,5-7,10-15H2,1H3. The third-order valence-corrected chi connectivity index (χ3v) is 5.42. The van der Waals surface area contributed by atoms with Gasteiger partial charge in [-0.05, 0) is 49.1 Å². The molecule has 1 aromatic rings. The number of hydrogen-bond donors (Lipinski definition) is 1. The van der Waals surface area contributed by atoms with Crippen molar-refractivity contribution in [3.63, 3.8) is 0 Å². The van der Waals surface area contributed by atoms with Gasteiger partial charge in [0.15, 0.2) is 0 Å². The van der Waals surface area contributed by atoms with Crippen molar-refractivity contribution in [3.8, 4) is 0 Å². The zero-order valence-corrected chi connectivity index (χ0v) is 12.8. The van der Waals surface area contributed by atoms with Crippen molar-refractivity contribution in [1.82, 2.24) is 5.32 Å². The number of para-hydroxylation sites is 1. The lowest BCUT2D eigenvalue weighted by atomic mass is 9.67. The zero-order valence-electron chi connectivity index (χ0n) is 12.8. The summed E-state index contributed by atoms with van der Waals surface area (Å²) in [6.45, 7) is 7.02. The second-order valence-corrected chi connectivity index (χ2v) is 6.63. The molecule has 1 saturated carbocycles. The first-order valence-electron chi connectivity index (χ1n) is 8.37. The van der Waals surface area contributed by atoms with E-state index in [1.165, 1.54) is 69.4 Å². The van der Waals surface area contributed by atoms with Gasteiger partial charge in [-0.3, -0.25) is 0 Å². The summed E-state index contributed by atoms with van der Waals surface area (Å²) in [7, 11) is 0. The summed E-state index contributed by atoms with van der Waals surface area (Å²) in [5.41, 5.74) is 3.54. The van der Waals surface area contributed by atoms with Crippen molar-refractivity contribution in [1.29, 1.82) is 0 Å². The molecule has 1 aromatic carbocycles. The number of nitrogens with one attached hydrogen (secondary N) is 1. The number of hydrogen-bond acceptors (Lipinski definition) is 2. The van der Waals surface area contributed by atoms with E-state index in [1.807, 2.05) is 0 Å². The highest BCUT2D eigenvalue weighted by atomic mass is 15.1. The number of rotatable bonds is 6. The van der Waals surface area contributed by atoms with E-state index in [9.17, 15) is 0 Å². The summed E-state index contributed by atoms with van der Waals surface area (Å²) in [5.74, 6) is 0. The average Bonchev–Trinajstić information content (AvgIpc) is 2.96. The van der Waals surface area contributed by atoms with Crippen LogP contribution in [-0.2, 0) is 6.54 Å². The maximum absolute atomic E-state index is 3.73. The van der Waals surface area contributed by atoms with Crippen molar-refractivity contribution in [2.24, 2.45) is 5.41 Å². The summed E-state index contributed by atoms with van der Waals surface area (Å²) in [6, 6.07) is 8.94. The van der Waals surface area contributed by atoms with E-state index in [0.717, 1.165) is 6.54 Å². The number of nitrogens with zero attached hydrogens (tertiary/aromatic N) is 1. The van der Waals surface area contributed by atoms with E-state index in [2.05, 4.69) is 41.4 Å². The van der Waals surface area contributed by atoms with Crippen LogP contribution in [0.25, 0.3) is 0 Å². The quantitative estimate of drug-likeness (QED) is 0.843. The number of anilines is 1. The Morgan fingerprint density at radius 1 is 1.10 bits per heavy atom. The minimum atomic E-state index is 0.614. The minimum absolute atomic E-state index is 0.614. The number of benzene rings is 1. The molecule has 0 radical (unpaired) electrons. The van der Waals surface area contributed by atoms with Gasteiger partial charge in [0.1, 0.15) is 0 Å². The van der Waals surface area contributed by atoms with Crippen molar-refractivity contribution in [2.75, 3.05) is 24.5 Å². The summed E-state index contributed by atoms with van der Waals surface area (Å²) in [5, 5.41) is 3.73. The lowest BCUT2D eigenvalue weighted by molar-refractivity contribution is 0.124. The highest BCUT2D eigenvalue weighted by molar-refractivity contribution is 5.54. The second-order valence-electron chi connectivity index (χ2n) is 6.63. The van der Waals surface area contributed by atoms with Crippen LogP contribution in [0.15, 0.2) is 24.3 Å². The van der Waals surface area contributed by atoms with Crippen LogP contribution in [0, 0.1) is 5.41 Å². The highest BCUT2D eigenvalue weighted by Gasteiger charge is 2.34. The molecule has 0 atom stereocenters. The third-order valence-electron chi connectivity index (χ3n) is 5.42. The van der Waals surface area contributed by atoms with Crippen LogP contribution >= 0.6 is 0 Å². The topological polar surface area (TPSA) is 15.3 Å². The Bertz CT molecular complexity index is 425. The highest BCUT2D eigenvalue weighted by Crippen LogP contribution is 2.43. The molecule has 2 aliphatic rings. The Balaban J connectivity index is 1.59. The van der Waals surface area contributed by atoms with Gasteiger partial charge in [-0.1, -0.05) is 31.5 Å². The van der Waals surface area contributed by atoms with Crippen LogP contribution in [0.2, 0.25) is 0 Å². The molecule has 1 aliphatic heterocycles. The van der Waals surface area contributed by atoms with E-state index < -0.39 is 0 Å². The van der Waals surface area contributed by atoms with Crippen molar-refractivity contribution in [3.05, 3.63) is 29.8 Å². The molecule has 2 fully saturated rings. The Labute approximate surface area is 123 Å². The molecule has 2 nitrogen and oxygen atoms in total. The van der Waals surface area contributed by atoms with Crippen LogP contribution in [0.5, 0.6) is 0 Å². The van der Waals surface area contributed by atoms with Gasteiger partial charge in [0.2, 0.25) is 0 Å². The fourth-order valence-corrected chi connectivity index (χ4v) is 3.72. The molecule has 1 saturated heterocycles. The van der Waals surface area contributed by atoms with E-state index >= 15 is 0 Å². The average molecular weight is 272 g/mol. The minimum Gasteiger partial charge on any atom is -0.371 e. The molecule has 0 unspecified atom stereocenters. The SMILES string of the molecule is CCC1(CNCc2ccccc2N2CCCC2)CCC1. The summed E-state index contributed by atoms with van der Waals surface area (Å²) in [4.78, 5) is 2.55. The Morgan fingerprint density at radius 3 is 2.50 bits per heavy atom. The third kappa shape index (κ3) is 2.85. The van der Waals surface area contributed by atoms with Crippen LogP contribution in [0.1, 0.15) is 51.0 Å².